The van der Waals surface area contributed by atoms with E-state index in [1.807, 2.05) is 0 Å². The van der Waals surface area contributed by atoms with Gasteiger partial charge in [0.25, 0.3) is 0 Å². The zero-order valence-electron chi connectivity index (χ0n) is 9.91. The van der Waals surface area contributed by atoms with Crippen molar-refractivity contribution in [3.8, 4) is 0 Å². The van der Waals surface area contributed by atoms with Crippen molar-refractivity contribution in [2.75, 3.05) is 0 Å². The van der Waals surface area contributed by atoms with Gasteiger partial charge in [-0.3, -0.25) is 0 Å². The van der Waals surface area contributed by atoms with E-state index in [1.54, 1.807) is 0 Å². The minimum Gasteiger partial charge on any atom is -0.303 e. The average Bonchev–Trinajstić information content (AvgIpc) is 2.25. The Labute approximate surface area is 112 Å². The third kappa shape index (κ3) is 2.39. The molecule has 0 heterocycles. The highest BCUT2D eigenvalue weighted by Gasteiger charge is 2.91. The van der Waals surface area contributed by atoms with E-state index in [1.165, 1.54) is 0 Å². The first-order chi connectivity index (χ1) is 9.19. The van der Waals surface area contributed by atoms with Gasteiger partial charge in [0.2, 0.25) is 0 Å². The highest BCUT2D eigenvalue weighted by atomic mass is 19.4. The van der Waals surface area contributed by atoms with Crippen LogP contribution in [0.5, 0.6) is 0 Å². The molecule has 132 valence electrons. The van der Waals surface area contributed by atoms with Gasteiger partial charge in [0.15, 0.2) is 0 Å². The molecule has 0 aliphatic heterocycles. The summed E-state index contributed by atoms with van der Waals surface area (Å²) >= 11 is 0. The largest absolute Gasteiger partial charge is 0.460 e. The van der Waals surface area contributed by atoms with Gasteiger partial charge in [-0.05, 0) is 6.92 Å². The second-order valence-electron chi connectivity index (χ2n) is 3.99. The molecule has 0 unspecified atom stereocenters. The van der Waals surface area contributed by atoms with Crippen molar-refractivity contribution >= 4 is 5.71 Å². The van der Waals surface area contributed by atoms with Crippen molar-refractivity contribution in [2.45, 2.75) is 42.7 Å². The molecule has 0 bridgehead atoms. The Morgan fingerprint density at radius 3 is 1.05 bits per heavy atom. The number of rotatable bonds is 5. The molecule has 1 N–H and O–H groups in total. The van der Waals surface area contributed by atoms with E-state index in [4.69, 9.17) is 5.41 Å². The van der Waals surface area contributed by atoms with Crippen LogP contribution >= 0.6 is 0 Å². The van der Waals surface area contributed by atoms with Crippen LogP contribution in [-0.4, -0.2) is 41.5 Å². The van der Waals surface area contributed by atoms with Gasteiger partial charge in [0.1, 0.15) is 0 Å². The second kappa shape index (κ2) is 4.88. The Morgan fingerprint density at radius 1 is 0.545 bits per heavy atom. The summed E-state index contributed by atoms with van der Waals surface area (Å²) in [5, 5.41) is 6.10. The normalized spacial score (nSPS) is 15.9. The minimum atomic E-state index is -7.92. The molecule has 0 aromatic heterocycles. The van der Waals surface area contributed by atoms with Gasteiger partial charge in [-0.15, -0.1) is 0 Å². The smallest absolute Gasteiger partial charge is 0.303 e. The molecule has 0 aromatic rings. The molecule has 0 saturated carbocycles. The zero-order chi connectivity index (χ0) is 18.6. The first kappa shape index (κ1) is 20.8. The third-order valence-corrected chi connectivity index (χ3v) is 2.40. The molecule has 14 heteroatoms. The highest BCUT2D eigenvalue weighted by molar-refractivity contribution is 5.87. The van der Waals surface area contributed by atoms with Crippen molar-refractivity contribution in [3.63, 3.8) is 0 Å². The summed E-state index contributed by atoms with van der Waals surface area (Å²) < 4.78 is 162. The molecule has 0 amide bonds. The summed E-state index contributed by atoms with van der Waals surface area (Å²) in [5.41, 5.74) is -2.65. The van der Waals surface area contributed by atoms with Crippen LogP contribution in [0.3, 0.4) is 0 Å². The van der Waals surface area contributed by atoms with Crippen molar-refractivity contribution in [1.82, 2.24) is 0 Å². The zero-order valence-corrected chi connectivity index (χ0v) is 9.91. The van der Waals surface area contributed by atoms with Crippen LogP contribution in [0.2, 0.25) is 0 Å². The lowest BCUT2D eigenvalue weighted by atomic mass is 9.92. The van der Waals surface area contributed by atoms with Crippen LogP contribution in [0.4, 0.5) is 57.1 Å². The molecule has 0 spiro atoms. The Bertz CT molecular complexity index is 445. The Hall–Kier alpha value is -1.24. The number of alkyl halides is 13. The van der Waals surface area contributed by atoms with Crippen LogP contribution in [0, 0.1) is 5.41 Å². The molecule has 22 heavy (non-hydrogen) atoms. The summed E-state index contributed by atoms with van der Waals surface area (Å²) in [6, 6.07) is 0. The quantitative estimate of drug-likeness (QED) is 0.539. The van der Waals surface area contributed by atoms with E-state index in [9.17, 15) is 57.1 Å². The van der Waals surface area contributed by atoms with Crippen molar-refractivity contribution < 1.29 is 57.1 Å². The van der Waals surface area contributed by atoms with Crippen LogP contribution in [0.25, 0.3) is 0 Å². The maximum absolute atomic E-state index is 12.8. The molecular weight excluding hydrogens is 357 g/mol. The van der Waals surface area contributed by atoms with Gasteiger partial charge in [-0.25, -0.2) is 0 Å². The molecule has 0 rings (SSSR count). The predicted molar refractivity (Wildman–Crippen MR) is 44.2 cm³/mol. The van der Waals surface area contributed by atoms with Crippen molar-refractivity contribution in [2.24, 2.45) is 0 Å². The van der Waals surface area contributed by atoms with E-state index in [2.05, 4.69) is 0 Å². The summed E-state index contributed by atoms with van der Waals surface area (Å²) in [6.07, 6.45) is -7.43. The van der Waals surface area contributed by atoms with E-state index < -0.39 is 41.5 Å². The summed E-state index contributed by atoms with van der Waals surface area (Å²) in [4.78, 5) is 0. The van der Waals surface area contributed by atoms with Gasteiger partial charge in [0.05, 0.1) is 5.71 Å². The van der Waals surface area contributed by atoms with Crippen LogP contribution < -0.4 is 0 Å². The number of nitrogens with one attached hydrogen (secondary N) is 1. The summed E-state index contributed by atoms with van der Waals surface area (Å²) in [7, 11) is 0. The molecule has 0 atom stereocenters. The monoisotopic (exact) mass is 361 g/mol. The van der Waals surface area contributed by atoms with E-state index in [0.717, 1.165) is 0 Å². The Morgan fingerprint density at radius 2 is 0.818 bits per heavy atom. The molecule has 0 aliphatic carbocycles. The Balaban J connectivity index is 6.29. The van der Waals surface area contributed by atoms with Gasteiger partial charge in [0, 0.05) is 0 Å². The van der Waals surface area contributed by atoms with Gasteiger partial charge < -0.3 is 5.41 Å². The van der Waals surface area contributed by atoms with Crippen molar-refractivity contribution in [1.29, 1.82) is 5.41 Å². The fourth-order valence-electron chi connectivity index (χ4n) is 1.01. The first-order valence-electron chi connectivity index (χ1n) is 4.71. The maximum atomic E-state index is 12.8. The summed E-state index contributed by atoms with van der Waals surface area (Å²) in [6.45, 7) is -0.260. The van der Waals surface area contributed by atoms with Gasteiger partial charge in [-0.2, -0.15) is 57.1 Å². The van der Waals surface area contributed by atoms with Gasteiger partial charge >= 0.3 is 35.8 Å². The predicted octanol–water partition coefficient (Wildman–Crippen LogP) is 4.76. The average molecular weight is 361 g/mol. The lowest BCUT2D eigenvalue weighted by molar-refractivity contribution is -0.434. The standard InChI is InChI=1S/C8H4F13N/c1-2(22)3(9,10)4(11,12)5(13,14)6(15,16)7(17,18)8(19,20)21/h22H,1H3. The maximum Gasteiger partial charge on any atom is 0.460 e. The lowest BCUT2D eigenvalue weighted by Crippen LogP contribution is -2.71. The van der Waals surface area contributed by atoms with Crippen LogP contribution in [-0.2, 0) is 0 Å². The molecular formula is C8H4F13N. The Kier molecular flexibility index (Phi) is 4.60. The van der Waals surface area contributed by atoms with E-state index in [0.29, 0.717) is 0 Å². The van der Waals surface area contributed by atoms with E-state index in [-0.39, 0.29) is 6.92 Å². The molecule has 0 aliphatic rings. The number of hydrogen-bond donors (Lipinski definition) is 1. The second-order valence-corrected chi connectivity index (χ2v) is 3.99. The van der Waals surface area contributed by atoms with Crippen LogP contribution in [0.15, 0.2) is 0 Å². The minimum absolute atomic E-state index is 0.260. The van der Waals surface area contributed by atoms with Gasteiger partial charge in [-0.1, -0.05) is 0 Å². The summed E-state index contributed by atoms with van der Waals surface area (Å²) in [5.74, 6) is -37.3. The number of hydrogen-bond acceptors (Lipinski definition) is 1. The van der Waals surface area contributed by atoms with E-state index >= 15 is 0 Å². The highest BCUT2D eigenvalue weighted by Crippen LogP contribution is 2.60. The van der Waals surface area contributed by atoms with Crippen LogP contribution in [0.1, 0.15) is 6.92 Å². The number of halogens is 13. The molecule has 1 nitrogen and oxygen atoms in total. The molecule has 0 fully saturated rings. The lowest BCUT2D eigenvalue weighted by Gasteiger charge is -2.39. The SMILES string of the molecule is CC(=N)C(F)(F)C(F)(F)C(F)(F)C(F)(F)C(F)(F)C(F)(F)F. The topological polar surface area (TPSA) is 23.9 Å². The first-order valence-corrected chi connectivity index (χ1v) is 4.71. The molecule has 0 saturated heterocycles. The molecule has 0 radical (unpaired) electrons. The molecule has 0 aromatic carbocycles. The fraction of sp³-hybridized carbons (Fsp3) is 0.875. The fourth-order valence-corrected chi connectivity index (χ4v) is 1.01. The van der Waals surface area contributed by atoms with Crippen molar-refractivity contribution in [3.05, 3.63) is 0 Å². The third-order valence-electron chi connectivity index (χ3n) is 2.40.